The minimum atomic E-state index is -0.679. The Labute approximate surface area is 173 Å². The molecule has 2 aromatic carbocycles. The van der Waals surface area contributed by atoms with E-state index in [0.29, 0.717) is 13.1 Å². The predicted molar refractivity (Wildman–Crippen MR) is 108 cm³/mol. The van der Waals surface area contributed by atoms with Gasteiger partial charge in [-0.25, -0.2) is 8.78 Å². The molecule has 0 saturated carbocycles. The normalized spacial score (nSPS) is 15.9. The lowest BCUT2D eigenvalue weighted by atomic mass is 9.85. The molecular weight excluding hydrogens is 388 g/mol. The van der Waals surface area contributed by atoms with Crippen LogP contribution in [0.2, 0.25) is 0 Å². The van der Waals surface area contributed by atoms with Crippen molar-refractivity contribution in [3.63, 3.8) is 0 Å². The summed E-state index contributed by atoms with van der Waals surface area (Å²) in [6.07, 6.45) is 1.86. The highest BCUT2D eigenvalue weighted by Gasteiger charge is 2.30. The van der Waals surface area contributed by atoms with Crippen LogP contribution in [0.5, 0.6) is 0 Å². The second kappa shape index (κ2) is 8.36. The molecule has 7 heteroatoms. The lowest BCUT2D eigenvalue weighted by molar-refractivity contribution is -0.137. The number of carbonyl (C=O) groups is 1. The van der Waals surface area contributed by atoms with Crippen molar-refractivity contribution in [2.45, 2.75) is 26.0 Å². The van der Waals surface area contributed by atoms with Gasteiger partial charge in [-0.3, -0.25) is 9.48 Å². The molecule has 4 rings (SSSR count). The van der Waals surface area contributed by atoms with Crippen LogP contribution in [0.15, 0.2) is 48.7 Å². The van der Waals surface area contributed by atoms with Gasteiger partial charge in [0.2, 0.25) is 5.91 Å². The number of benzene rings is 2. The fourth-order valence-electron chi connectivity index (χ4n) is 3.90. The SMILES string of the molecule is Cc1c(C2CN(C(=O)COCc3ccc(F)cc3F)Cc3ccccc32)cnn1C. The van der Waals surface area contributed by atoms with Crippen molar-refractivity contribution in [2.75, 3.05) is 13.2 Å². The van der Waals surface area contributed by atoms with Crippen LogP contribution >= 0.6 is 0 Å². The van der Waals surface area contributed by atoms with Crippen LogP contribution in [0.25, 0.3) is 0 Å². The van der Waals surface area contributed by atoms with Crippen LogP contribution in [-0.4, -0.2) is 33.7 Å². The molecule has 1 atom stereocenters. The van der Waals surface area contributed by atoms with Crippen LogP contribution in [0.1, 0.15) is 33.9 Å². The topological polar surface area (TPSA) is 47.4 Å². The number of aryl methyl sites for hydroxylation is 1. The summed E-state index contributed by atoms with van der Waals surface area (Å²) in [6.45, 7) is 2.78. The molecule has 1 amide bonds. The molecule has 1 aromatic heterocycles. The second-order valence-electron chi connectivity index (χ2n) is 7.56. The van der Waals surface area contributed by atoms with Gasteiger partial charge in [0.1, 0.15) is 18.2 Å². The van der Waals surface area contributed by atoms with Crippen LogP contribution in [0.3, 0.4) is 0 Å². The summed E-state index contributed by atoms with van der Waals surface area (Å²) in [5, 5.41) is 4.36. The van der Waals surface area contributed by atoms with E-state index in [0.717, 1.165) is 22.9 Å². The summed E-state index contributed by atoms with van der Waals surface area (Å²) < 4.78 is 34.0. The van der Waals surface area contributed by atoms with E-state index in [1.54, 1.807) is 4.90 Å². The van der Waals surface area contributed by atoms with Gasteiger partial charge in [0, 0.05) is 48.9 Å². The van der Waals surface area contributed by atoms with E-state index >= 15 is 0 Å². The quantitative estimate of drug-likeness (QED) is 0.643. The highest BCUT2D eigenvalue weighted by molar-refractivity contribution is 5.78. The maximum Gasteiger partial charge on any atom is 0.248 e. The Morgan fingerprint density at radius 2 is 2.00 bits per heavy atom. The van der Waals surface area contributed by atoms with Gasteiger partial charge in [-0.05, 0) is 24.1 Å². The Balaban J connectivity index is 1.48. The van der Waals surface area contributed by atoms with Gasteiger partial charge >= 0.3 is 0 Å². The Morgan fingerprint density at radius 3 is 2.73 bits per heavy atom. The summed E-state index contributed by atoms with van der Waals surface area (Å²) in [7, 11) is 1.90. The smallest absolute Gasteiger partial charge is 0.248 e. The van der Waals surface area contributed by atoms with Crippen LogP contribution in [-0.2, 0) is 29.7 Å². The first-order chi connectivity index (χ1) is 14.4. The number of ether oxygens (including phenoxy) is 1. The summed E-state index contributed by atoms with van der Waals surface area (Å²) in [4.78, 5) is 14.6. The lowest BCUT2D eigenvalue weighted by Gasteiger charge is -2.34. The number of hydrogen-bond donors (Lipinski definition) is 0. The lowest BCUT2D eigenvalue weighted by Crippen LogP contribution is -2.40. The number of carbonyl (C=O) groups excluding carboxylic acids is 1. The average molecular weight is 411 g/mol. The highest BCUT2D eigenvalue weighted by Crippen LogP contribution is 2.34. The number of amides is 1. The molecule has 2 heterocycles. The number of halogens is 2. The minimum Gasteiger partial charge on any atom is -0.367 e. The van der Waals surface area contributed by atoms with Gasteiger partial charge < -0.3 is 9.64 Å². The fraction of sp³-hybridized carbons (Fsp3) is 0.304. The minimum absolute atomic E-state index is 0.0298. The standard InChI is InChI=1S/C23H23F2N3O2/c1-15-20(10-26-27(15)2)21-12-28(11-16-5-3-4-6-19(16)21)23(29)14-30-13-17-7-8-18(24)9-22(17)25/h3-10,21H,11-14H2,1-2H3. The number of nitrogens with zero attached hydrogens (tertiary/aromatic N) is 3. The van der Waals surface area contributed by atoms with E-state index in [1.807, 2.05) is 43.0 Å². The Kier molecular flexibility index (Phi) is 5.63. The molecule has 0 N–H and O–H groups in total. The fourth-order valence-corrected chi connectivity index (χ4v) is 3.90. The maximum atomic E-state index is 13.8. The molecule has 30 heavy (non-hydrogen) atoms. The molecule has 0 aliphatic carbocycles. The van der Waals surface area contributed by atoms with Crippen LogP contribution in [0, 0.1) is 18.6 Å². The van der Waals surface area contributed by atoms with Crippen molar-refractivity contribution in [1.82, 2.24) is 14.7 Å². The molecule has 0 bridgehead atoms. The Morgan fingerprint density at radius 1 is 1.20 bits per heavy atom. The molecular formula is C23H23F2N3O2. The first-order valence-electron chi connectivity index (χ1n) is 9.79. The van der Waals surface area contributed by atoms with E-state index < -0.39 is 11.6 Å². The molecule has 5 nitrogen and oxygen atoms in total. The van der Waals surface area contributed by atoms with Gasteiger partial charge in [0.25, 0.3) is 0 Å². The predicted octanol–water partition coefficient (Wildman–Crippen LogP) is 3.70. The molecule has 0 spiro atoms. The highest BCUT2D eigenvalue weighted by atomic mass is 19.1. The Bertz CT molecular complexity index is 1080. The number of aromatic nitrogens is 2. The molecule has 0 fully saturated rings. The van der Waals surface area contributed by atoms with E-state index in [2.05, 4.69) is 11.2 Å². The van der Waals surface area contributed by atoms with Crippen molar-refractivity contribution in [2.24, 2.45) is 7.05 Å². The van der Waals surface area contributed by atoms with Crippen LogP contribution in [0.4, 0.5) is 8.78 Å². The van der Waals surface area contributed by atoms with Gasteiger partial charge in [0.15, 0.2) is 0 Å². The van der Waals surface area contributed by atoms with Crippen molar-refractivity contribution in [1.29, 1.82) is 0 Å². The third kappa shape index (κ3) is 3.98. The van der Waals surface area contributed by atoms with E-state index in [1.165, 1.54) is 17.7 Å². The average Bonchev–Trinajstić information content (AvgIpc) is 3.07. The molecule has 0 saturated heterocycles. The van der Waals surface area contributed by atoms with Crippen molar-refractivity contribution in [3.05, 3.63) is 88.2 Å². The maximum absolute atomic E-state index is 13.8. The summed E-state index contributed by atoms with van der Waals surface area (Å²) in [6, 6.07) is 11.4. The Hall–Kier alpha value is -3.06. The van der Waals surface area contributed by atoms with E-state index in [4.69, 9.17) is 4.74 Å². The first-order valence-corrected chi connectivity index (χ1v) is 9.79. The summed E-state index contributed by atoms with van der Waals surface area (Å²) in [5.74, 6) is -1.46. The molecule has 3 aromatic rings. The van der Waals surface area contributed by atoms with Crippen molar-refractivity contribution < 1.29 is 18.3 Å². The molecule has 1 unspecified atom stereocenters. The van der Waals surface area contributed by atoms with Gasteiger partial charge in [-0.15, -0.1) is 0 Å². The molecule has 0 radical (unpaired) electrons. The zero-order chi connectivity index (χ0) is 21.3. The second-order valence-corrected chi connectivity index (χ2v) is 7.56. The largest absolute Gasteiger partial charge is 0.367 e. The first kappa shape index (κ1) is 20.2. The van der Waals surface area contributed by atoms with Gasteiger partial charge in [-0.2, -0.15) is 5.10 Å². The monoisotopic (exact) mass is 411 g/mol. The summed E-state index contributed by atoms with van der Waals surface area (Å²) >= 11 is 0. The molecule has 1 aliphatic rings. The molecule has 1 aliphatic heterocycles. The van der Waals surface area contributed by atoms with Crippen LogP contribution < -0.4 is 0 Å². The van der Waals surface area contributed by atoms with Crippen molar-refractivity contribution >= 4 is 5.91 Å². The summed E-state index contributed by atoms with van der Waals surface area (Å²) in [5.41, 5.74) is 4.67. The number of rotatable bonds is 5. The van der Waals surface area contributed by atoms with E-state index in [-0.39, 0.29) is 30.6 Å². The third-order valence-corrected chi connectivity index (χ3v) is 5.69. The third-order valence-electron chi connectivity index (χ3n) is 5.69. The zero-order valence-electron chi connectivity index (χ0n) is 16.9. The number of fused-ring (bicyclic) bond motifs is 1. The number of hydrogen-bond acceptors (Lipinski definition) is 3. The van der Waals surface area contributed by atoms with Crippen molar-refractivity contribution in [3.8, 4) is 0 Å². The van der Waals surface area contributed by atoms with E-state index in [9.17, 15) is 13.6 Å². The van der Waals surface area contributed by atoms with Gasteiger partial charge in [-0.1, -0.05) is 30.3 Å². The molecule has 156 valence electrons. The zero-order valence-corrected chi connectivity index (χ0v) is 16.9. The van der Waals surface area contributed by atoms with Gasteiger partial charge in [0.05, 0.1) is 12.8 Å².